The molecule has 314 valence electrons. The summed E-state index contributed by atoms with van der Waals surface area (Å²) in [7, 11) is 0. The van der Waals surface area contributed by atoms with Gasteiger partial charge in [-0.2, -0.15) is 0 Å². The lowest BCUT2D eigenvalue weighted by Gasteiger charge is -2.19. The van der Waals surface area contributed by atoms with Gasteiger partial charge in [0.1, 0.15) is 13.2 Å². The van der Waals surface area contributed by atoms with Crippen LogP contribution in [0.25, 0.3) is 0 Å². The van der Waals surface area contributed by atoms with Crippen LogP contribution in [0.4, 0.5) is 0 Å². The highest BCUT2D eigenvalue weighted by molar-refractivity contribution is 5.72. The summed E-state index contributed by atoms with van der Waals surface area (Å²) in [4.78, 5) is 38.1. The summed E-state index contributed by atoms with van der Waals surface area (Å²) in [6.45, 7) is 8.53. The van der Waals surface area contributed by atoms with Crippen LogP contribution in [0.2, 0.25) is 0 Å². The molecule has 53 heavy (non-hydrogen) atoms. The van der Waals surface area contributed by atoms with Crippen molar-refractivity contribution in [3.05, 3.63) is 0 Å². The Bertz CT molecular complexity index is 798. The highest BCUT2D eigenvalue weighted by Gasteiger charge is 2.21. The Kier molecular flexibility index (Phi) is 40.3. The molecule has 0 amide bonds. The lowest BCUT2D eigenvalue weighted by atomic mass is 10.0. The van der Waals surface area contributed by atoms with Gasteiger partial charge in [-0.3, -0.25) is 14.4 Å². The van der Waals surface area contributed by atoms with Gasteiger partial charge in [-0.1, -0.05) is 227 Å². The Morgan fingerprint density at radius 1 is 0.377 bits per heavy atom. The topological polar surface area (TPSA) is 78.9 Å². The second-order valence-corrected chi connectivity index (χ2v) is 16.2. The predicted molar refractivity (Wildman–Crippen MR) is 224 cm³/mol. The zero-order valence-corrected chi connectivity index (χ0v) is 36.0. The van der Waals surface area contributed by atoms with Crippen molar-refractivity contribution in [3.63, 3.8) is 0 Å². The molecule has 0 heterocycles. The van der Waals surface area contributed by atoms with E-state index in [-0.39, 0.29) is 37.0 Å². The van der Waals surface area contributed by atoms with Crippen LogP contribution in [0.15, 0.2) is 0 Å². The van der Waals surface area contributed by atoms with E-state index in [4.69, 9.17) is 14.2 Å². The number of hydrogen-bond acceptors (Lipinski definition) is 6. The van der Waals surface area contributed by atoms with Gasteiger partial charge in [0.25, 0.3) is 0 Å². The Hall–Kier alpha value is -1.59. The van der Waals surface area contributed by atoms with Gasteiger partial charge >= 0.3 is 17.9 Å². The maximum atomic E-state index is 12.8. The number of rotatable bonds is 42. The van der Waals surface area contributed by atoms with Crippen molar-refractivity contribution in [1.82, 2.24) is 0 Å². The van der Waals surface area contributed by atoms with Gasteiger partial charge in [0, 0.05) is 12.8 Å². The van der Waals surface area contributed by atoms with Crippen molar-refractivity contribution >= 4 is 17.9 Å². The number of hydrogen-bond donors (Lipinski definition) is 0. The molecule has 0 aromatic heterocycles. The highest BCUT2D eigenvalue weighted by Crippen LogP contribution is 2.17. The van der Waals surface area contributed by atoms with Gasteiger partial charge in [-0.05, 0) is 19.3 Å². The quantitative estimate of drug-likeness (QED) is 0.0351. The first-order chi connectivity index (χ1) is 25.9. The van der Waals surface area contributed by atoms with Crippen molar-refractivity contribution in [1.29, 1.82) is 0 Å². The van der Waals surface area contributed by atoms with Gasteiger partial charge in [-0.15, -0.1) is 0 Å². The molecule has 2 atom stereocenters. The van der Waals surface area contributed by atoms with Crippen LogP contribution in [0.1, 0.15) is 259 Å². The molecule has 0 aliphatic rings. The summed E-state index contributed by atoms with van der Waals surface area (Å²) < 4.78 is 16.9. The van der Waals surface area contributed by atoms with Crippen molar-refractivity contribution in [2.45, 2.75) is 265 Å². The van der Waals surface area contributed by atoms with E-state index in [0.29, 0.717) is 12.8 Å². The highest BCUT2D eigenvalue weighted by atomic mass is 16.6. The third-order valence-electron chi connectivity index (χ3n) is 10.8. The summed E-state index contributed by atoms with van der Waals surface area (Å²) in [6, 6.07) is 0. The van der Waals surface area contributed by atoms with Crippen LogP contribution < -0.4 is 0 Å². The third-order valence-corrected chi connectivity index (χ3v) is 10.8. The third kappa shape index (κ3) is 38.5. The van der Waals surface area contributed by atoms with Gasteiger partial charge in [0.2, 0.25) is 0 Å². The Morgan fingerprint density at radius 3 is 1.06 bits per heavy atom. The Labute approximate surface area is 329 Å². The van der Waals surface area contributed by atoms with Gasteiger partial charge in [-0.25, -0.2) is 0 Å². The van der Waals surface area contributed by atoms with Gasteiger partial charge in [0.05, 0.1) is 5.92 Å². The van der Waals surface area contributed by atoms with Crippen molar-refractivity contribution in [2.75, 3.05) is 13.2 Å². The number of carbonyl (C=O) groups excluding carboxylic acids is 3. The van der Waals surface area contributed by atoms with E-state index < -0.39 is 6.10 Å². The molecule has 0 saturated heterocycles. The average molecular weight is 751 g/mol. The average Bonchev–Trinajstić information content (AvgIpc) is 3.15. The summed E-state index contributed by atoms with van der Waals surface area (Å²) in [5.74, 6) is -1.05. The molecule has 0 aliphatic carbocycles. The zero-order valence-electron chi connectivity index (χ0n) is 36.0. The fourth-order valence-electron chi connectivity index (χ4n) is 7.04. The molecule has 0 saturated carbocycles. The standard InChI is InChI=1S/C47H90O6/c1-5-8-11-14-17-20-22-23-25-27-30-33-36-39-45(48)51-41-44(53-46(49)40-37-34-31-28-24-21-18-15-12-9-6-2)42-52-47(50)43(4)38-35-32-29-26-19-16-13-10-7-3/h43-44H,5-42H2,1-4H3. The predicted octanol–water partition coefficient (Wildman–Crippen LogP) is 14.7. The van der Waals surface area contributed by atoms with E-state index in [1.807, 2.05) is 6.92 Å². The van der Waals surface area contributed by atoms with Gasteiger partial charge in [0.15, 0.2) is 6.10 Å². The molecule has 0 rings (SSSR count). The monoisotopic (exact) mass is 751 g/mol. The Morgan fingerprint density at radius 2 is 0.679 bits per heavy atom. The first-order valence-corrected chi connectivity index (χ1v) is 23.5. The molecule has 0 aromatic carbocycles. The van der Waals surface area contributed by atoms with Gasteiger partial charge < -0.3 is 14.2 Å². The maximum Gasteiger partial charge on any atom is 0.308 e. The number of ether oxygens (including phenoxy) is 3. The molecule has 0 fully saturated rings. The first-order valence-electron chi connectivity index (χ1n) is 23.5. The van der Waals surface area contributed by atoms with Crippen LogP contribution in [-0.2, 0) is 28.6 Å². The SMILES string of the molecule is CCCCCCCCCCCCCCCC(=O)OCC(COC(=O)C(C)CCCCCCCCCCC)OC(=O)CCCCCCCCCCCCC. The number of esters is 3. The summed E-state index contributed by atoms with van der Waals surface area (Å²) in [6.07, 6.45) is 41.7. The van der Waals surface area contributed by atoms with Crippen LogP contribution in [-0.4, -0.2) is 37.2 Å². The lowest BCUT2D eigenvalue weighted by molar-refractivity contribution is -0.168. The summed E-state index contributed by atoms with van der Waals surface area (Å²) >= 11 is 0. The second kappa shape index (κ2) is 41.6. The number of unbranched alkanes of at least 4 members (excludes halogenated alkanes) is 30. The van der Waals surface area contributed by atoms with Crippen LogP contribution in [0.5, 0.6) is 0 Å². The minimum absolute atomic E-state index is 0.0683. The van der Waals surface area contributed by atoms with E-state index in [9.17, 15) is 14.4 Å². The Balaban J connectivity index is 4.42. The van der Waals surface area contributed by atoms with Crippen LogP contribution in [0, 0.1) is 5.92 Å². The van der Waals surface area contributed by atoms with Crippen molar-refractivity contribution < 1.29 is 28.6 Å². The summed E-state index contributed by atoms with van der Waals surface area (Å²) in [5, 5.41) is 0. The maximum absolute atomic E-state index is 12.8. The molecule has 0 aliphatic heterocycles. The fraction of sp³-hybridized carbons (Fsp3) is 0.936. The van der Waals surface area contributed by atoms with Crippen LogP contribution in [0.3, 0.4) is 0 Å². The van der Waals surface area contributed by atoms with E-state index >= 15 is 0 Å². The second-order valence-electron chi connectivity index (χ2n) is 16.2. The summed E-state index contributed by atoms with van der Waals surface area (Å²) in [5.41, 5.74) is 0. The van der Waals surface area contributed by atoms with Crippen molar-refractivity contribution in [2.24, 2.45) is 5.92 Å². The zero-order chi connectivity index (χ0) is 38.9. The van der Waals surface area contributed by atoms with Crippen LogP contribution >= 0.6 is 0 Å². The fourth-order valence-corrected chi connectivity index (χ4v) is 7.04. The van der Waals surface area contributed by atoms with E-state index in [2.05, 4.69) is 20.8 Å². The molecule has 6 heteroatoms. The molecule has 0 spiro atoms. The molecule has 2 unspecified atom stereocenters. The minimum Gasteiger partial charge on any atom is -0.462 e. The molecule has 0 aromatic rings. The van der Waals surface area contributed by atoms with E-state index in [0.717, 1.165) is 57.8 Å². The first kappa shape index (κ1) is 51.4. The van der Waals surface area contributed by atoms with E-state index in [1.165, 1.54) is 161 Å². The molecule has 0 N–H and O–H groups in total. The number of carbonyl (C=O) groups is 3. The largest absolute Gasteiger partial charge is 0.462 e. The molecular formula is C47H90O6. The molecule has 0 radical (unpaired) electrons. The molecular weight excluding hydrogens is 661 g/mol. The lowest BCUT2D eigenvalue weighted by Crippen LogP contribution is -2.31. The molecule has 6 nitrogen and oxygen atoms in total. The smallest absolute Gasteiger partial charge is 0.308 e. The minimum atomic E-state index is -0.769. The normalized spacial score (nSPS) is 12.5. The molecule has 0 bridgehead atoms. The van der Waals surface area contributed by atoms with E-state index in [1.54, 1.807) is 0 Å². The van der Waals surface area contributed by atoms with Crippen molar-refractivity contribution in [3.8, 4) is 0 Å².